The molecular formula is C34H23NS. The van der Waals surface area contributed by atoms with E-state index in [-0.39, 0.29) is 0 Å². The van der Waals surface area contributed by atoms with Crippen molar-refractivity contribution in [2.45, 2.75) is 9.79 Å². The van der Waals surface area contributed by atoms with Gasteiger partial charge in [-0.15, -0.1) is 0 Å². The number of anilines is 2. The zero-order valence-corrected chi connectivity index (χ0v) is 20.4. The minimum atomic E-state index is 1.12. The number of nitrogens with one attached hydrogen (secondary N) is 1. The van der Waals surface area contributed by atoms with Crippen molar-refractivity contribution in [1.82, 2.24) is 0 Å². The highest BCUT2D eigenvalue weighted by molar-refractivity contribution is 7.99. The van der Waals surface area contributed by atoms with Crippen LogP contribution in [-0.2, 0) is 0 Å². The van der Waals surface area contributed by atoms with Gasteiger partial charge in [-0.2, -0.15) is 0 Å². The third-order valence-electron chi connectivity index (χ3n) is 6.82. The molecule has 0 aromatic heterocycles. The van der Waals surface area contributed by atoms with Crippen molar-refractivity contribution in [2.75, 3.05) is 5.32 Å². The van der Waals surface area contributed by atoms with E-state index in [9.17, 15) is 0 Å². The molecule has 0 atom stereocenters. The molecule has 0 aliphatic carbocycles. The first kappa shape index (κ1) is 21.0. The predicted octanol–water partition coefficient (Wildman–Crippen LogP) is 10.0. The lowest BCUT2D eigenvalue weighted by atomic mass is 9.90. The standard InChI is InChI=1S/C34H23NS/c1-3-11-23(12-4-1)25-19-27-20-26(24-13-5-2-6-14-24)22-33-34(27)29(21-25)28-15-7-8-16-30(28)35-31-17-9-10-18-32(31)36-33/h1-22,35H. The molecule has 0 radical (unpaired) electrons. The molecule has 1 heterocycles. The average molecular weight is 478 g/mol. The molecule has 0 unspecified atom stereocenters. The number of benzene rings is 6. The number of para-hydroxylation sites is 2. The summed E-state index contributed by atoms with van der Waals surface area (Å²) in [7, 11) is 0. The molecule has 1 aliphatic heterocycles. The summed E-state index contributed by atoms with van der Waals surface area (Å²) in [5.74, 6) is 0. The summed E-state index contributed by atoms with van der Waals surface area (Å²) >= 11 is 1.84. The second-order valence-corrected chi connectivity index (χ2v) is 10.2. The molecule has 0 spiro atoms. The van der Waals surface area contributed by atoms with Crippen LogP contribution in [0.25, 0.3) is 44.2 Å². The fraction of sp³-hybridized carbons (Fsp3) is 0. The summed E-state index contributed by atoms with van der Waals surface area (Å²) in [6, 6.07) is 48.1. The second-order valence-electron chi connectivity index (χ2n) is 9.10. The Balaban J connectivity index is 1.61. The Labute approximate surface area is 215 Å². The summed E-state index contributed by atoms with van der Waals surface area (Å²) in [6.45, 7) is 0. The molecule has 7 rings (SSSR count). The van der Waals surface area contributed by atoms with Crippen LogP contribution in [0.15, 0.2) is 143 Å². The van der Waals surface area contributed by atoms with E-state index in [1.165, 1.54) is 53.9 Å². The summed E-state index contributed by atoms with van der Waals surface area (Å²) in [6.07, 6.45) is 0. The minimum absolute atomic E-state index is 1.12. The van der Waals surface area contributed by atoms with Crippen LogP contribution >= 0.6 is 11.8 Å². The number of rotatable bonds is 2. The zero-order chi connectivity index (χ0) is 23.9. The molecule has 2 heteroatoms. The predicted molar refractivity (Wildman–Crippen MR) is 154 cm³/mol. The van der Waals surface area contributed by atoms with Gasteiger partial charge in [-0.05, 0) is 75.7 Å². The van der Waals surface area contributed by atoms with E-state index in [0.717, 1.165) is 11.4 Å². The first-order valence-electron chi connectivity index (χ1n) is 12.2. The quantitative estimate of drug-likeness (QED) is 0.266. The van der Waals surface area contributed by atoms with Crippen LogP contribution in [-0.4, -0.2) is 0 Å². The van der Waals surface area contributed by atoms with Gasteiger partial charge in [0.25, 0.3) is 0 Å². The Bertz CT molecular complexity index is 1720. The van der Waals surface area contributed by atoms with E-state index in [1.807, 2.05) is 11.8 Å². The van der Waals surface area contributed by atoms with Gasteiger partial charge in [0.15, 0.2) is 0 Å². The maximum absolute atomic E-state index is 3.75. The Kier molecular flexibility index (Phi) is 5.11. The number of hydrogen-bond acceptors (Lipinski definition) is 2. The van der Waals surface area contributed by atoms with Crippen molar-refractivity contribution in [3.63, 3.8) is 0 Å². The lowest BCUT2D eigenvalue weighted by Gasteiger charge is -2.17. The van der Waals surface area contributed by atoms with Gasteiger partial charge in [-0.3, -0.25) is 0 Å². The molecule has 0 amide bonds. The number of hydrogen-bond donors (Lipinski definition) is 1. The normalized spacial score (nSPS) is 12.0. The van der Waals surface area contributed by atoms with Gasteiger partial charge >= 0.3 is 0 Å². The van der Waals surface area contributed by atoms with Crippen LogP contribution in [0.5, 0.6) is 0 Å². The third kappa shape index (κ3) is 3.67. The molecular weight excluding hydrogens is 454 g/mol. The largest absolute Gasteiger partial charge is 0.354 e. The maximum atomic E-state index is 3.75. The van der Waals surface area contributed by atoms with E-state index < -0.39 is 0 Å². The minimum Gasteiger partial charge on any atom is -0.354 e. The van der Waals surface area contributed by atoms with Crippen LogP contribution in [0.3, 0.4) is 0 Å². The lowest BCUT2D eigenvalue weighted by Crippen LogP contribution is -1.94. The van der Waals surface area contributed by atoms with Crippen LogP contribution in [0.4, 0.5) is 11.4 Å². The van der Waals surface area contributed by atoms with Crippen molar-refractivity contribution < 1.29 is 0 Å². The van der Waals surface area contributed by atoms with E-state index in [2.05, 4.69) is 139 Å². The summed E-state index contributed by atoms with van der Waals surface area (Å²) in [5, 5.41) is 6.30. The van der Waals surface area contributed by atoms with Gasteiger partial charge in [-0.25, -0.2) is 0 Å². The van der Waals surface area contributed by atoms with E-state index in [0.29, 0.717) is 0 Å². The zero-order valence-electron chi connectivity index (χ0n) is 19.6. The average Bonchev–Trinajstić information content (AvgIpc) is 3.00. The van der Waals surface area contributed by atoms with Crippen molar-refractivity contribution in [3.8, 4) is 33.4 Å². The van der Waals surface area contributed by atoms with Crippen molar-refractivity contribution in [3.05, 3.63) is 133 Å². The topological polar surface area (TPSA) is 12.0 Å². The molecule has 1 aliphatic rings. The molecule has 0 fully saturated rings. The molecule has 6 aromatic rings. The molecule has 170 valence electrons. The molecule has 0 bridgehead atoms. The molecule has 6 aromatic carbocycles. The van der Waals surface area contributed by atoms with Gasteiger partial charge in [-0.1, -0.05) is 103 Å². The first-order chi connectivity index (χ1) is 17.8. The van der Waals surface area contributed by atoms with Gasteiger partial charge in [0.05, 0.1) is 5.69 Å². The van der Waals surface area contributed by atoms with Crippen LogP contribution < -0.4 is 5.32 Å². The van der Waals surface area contributed by atoms with E-state index in [1.54, 1.807) is 0 Å². The monoisotopic (exact) mass is 477 g/mol. The smallest absolute Gasteiger partial charge is 0.0526 e. The lowest BCUT2D eigenvalue weighted by molar-refractivity contribution is 1.41. The fourth-order valence-electron chi connectivity index (χ4n) is 5.11. The van der Waals surface area contributed by atoms with Crippen LogP contribution in [0.1, 0.15) is 0 Å². The van der Waals surface area contributed by atoms with Gasteiger partial charge < -0.3 is 5.32 Å². The number of fused-ring (bicyclic) bond motifs is 3. The fourth-order valence-corrected chi connectivity index (χ4v) is 6.24. The summed E-state index contributed by atoms with van der Waals surface area (Å²) in [4.78, 5) is 2.49. The van der Waals surface area contributed by atoms with E-state index >= 15 is 0 Å². The van der Waals surface area contributed by atoms with Gasteiger partial charge in [0.2, 0.25) is 0 Å². The highest BCUT2D eigenvalue weighted by Gasteiger charge is 2.19. The Morgan fingerprint density at radius 1 is 0.417 bits per heavy atom. The highest BCUT2D eigenvalue weighted by Crippen LogP contribution is 2.48. The SMILES string of the molecule is c1ccc(-c2cc3c4c(cc(-c5ccccc5)cc4c2)-c2ccccc2Nc2ccccc2S3)cc1. The summed E-state index contributed by atoms with van der Waals surface area (Å²) in [5.41, 5.74) is 9.64. The van der Waals surface area contributed by atoms with Gasteiger partial charge in [0, 0.05) is 26.4 Å². The molecule has 1 nitrogen and oxygen atoms in total. The first-order valence-corrected chi connectivity index (χ1v) is 13.0. The molecule has 0 saturated heterocycles. The molecule has 36 heavy (non-hydrogen) atoms. The summed E-state index contributed by atoms with van der Waals surface area (Å²) < 4.78 is 0. The third-order valence-corrected chi connectivity index (χ3v) is 7.94. The molecule has 0 saturated carbocycles. The Morgan fingerprint density at radius 2 is 1.00 bits per heavy atom. The van der Waals surface area contributed by atoms with E-state index in [4.69, 9.17) is 0 Å². The second kappa shape index (κ2) is 8.75. The highest BCUT2D eigenvalue weighted by atomic mass is 32.2. The Morgan fingerprint density at radius 3 is 1.72 bits per heavy atom. The Hall–Kier alpha value is -4.27. The molecule has 1 N–H and O–H groups in total. The maximum Gasteiger partial charge on any atom is 0.0526 e. The van der Waals surface area contributed by atoms with Crippen molar-refractivity contribution >= 4 is 33.9 Å². The van der Waals surface area contributed by atoms with Crippen LogP contribution in [0.2, 0.25) is 0 Å². The van der Waals surface area contributed by atoms with Gasteiger partial charge in [0.1, 0.15) is 0 Å². The van der Waals surface area contributed by atoms with Crippen LogP contribution in [0, 0.1) is 0 Å². The van der Waals surface area contributed by atoms with Crippen molar-refractivity contribution in [2.24, 2.45) is 0 Å². The van der Waals surface area contributed by atoms with Crippen molar-refractivity contribution in [1.29, 1.82) is 0 Å².